The highest BCUT2D eigenvalue weighted by atomic mass is 35.5. The summed E-state index contributed by atoms with van der Waals surface area (Å²) in [6.07, 6.45) is -0.897. The Morgan fingerprint density at radius 2 is 2.08 bits per heavy atom. The summed E-state index contributed by atoms with van der Waals surface area (Å²) >= 11 is 7.37. The van der Waals surface area contributed by atoms with E-state index in [1.165, 1.54) is 11.3 Å². The van der Waals surface area contributed by atoms with Gasteiger partial charge >= 0.3 is 6.16 Å². The number of benzene rings is 1. The highest BCUT2D eigenvalue weighted by Gasteiger charge is 2.19. The van der Waals surface area contributed by atoms with Crippen LogP contribution in [0.5, 0.6) is 0 Å². The van der Waals surface area contributed by atoms with Gasteiger partial charge in [0.15, 0.2) is 5.84 Å². The molecule has 1 heterocycles. The van der Waals surface area contributed by atoms with Crippen LogP contribution < -0.4 is 11.1 Å². The first kappa shape index (κ1) is 18.3. The fraction of sp³-hybridized carbons (Fsp3) is 0.250. The van der Waals surface area contributed by atoms with Crippen LogP contribution in [0.4, 0.5) is 4.79 Å². The second-order valence-corrected chi connectivity index (χ2v) is 6.48. The molecule has 3 N–H and O–H groups in total. The lowest BCUT2D eigenvalue weighted by Gasteiger charge is -2.16. The molecule has 6 nitrogen and oxygen atoms in total. The molecule has 24 heavy (non-hydrogen) atoms. The maximum Gasteiger partial charge on any atom is 0.535 e. The van der Waals surface area contributed by atoms with Crippen molar-refractivity contribution >= 4 is 34.9 Å². The maximum absolute atomic E-state index is 11.2. The van der Waals surface area contributed by atoms with E-state index < -0.39 is 12.2 Å². The van der Waals surface area contributed by atoms with Crippen molar-refractivity contribution in [2.45, 2.75) is 19.5 Å². The number of carbonyl (C=O) groups is 1. The Labute approximate surface area is 149 Å². The Hall–Kier alpha value is -2.09. The van der Waals surface area contributed by atoms with Crippen LogP contribution >= 0.6 is 22.9 Å². The van der Waals surface area contributed by atoms with Crippen LogP contribution in [0.25, 0.3) is 0 Å². The average molecular weight is 368 g/mol. The highest BCUT2D eigenvalue weighted by Crippen LogP contribution is 2.27. The van der Waals surface area contributed by atoms with E-state index in [2.05, 4.69) is 20.0 Å². The molecule has 0 aliphatic carbocycles. The van der Waals surface area contributed by atoms with Crippen molar-refractivity contribution in [3.05, 3.63) is 57.2 Å². The molecule has 1 unspecified atom stereocenters. The van der Waals surface area contributed by atoms with Crippen LogP contribution in [0.2, 0.25) is 4.34 Å². The Kier molecular flexibility index (Phi) is 7.05. The van der Waals surface area contributed by atoms with Gasteiger partial charge in [0, 0.05) is 11.4 Å². The number of nitrogens with two attached hydrogens (primary N) is 1. The van der Waals surface area contributed by atoms with Crippen molar-refractivity contribution in [2.75, 3.05) is 6.61 Å². The van der Waals surface area contributed by atoms with E-state index in [1.54, 1.807) is 13.0 Å². The summed E-state index contributed by atoms with van der Waals surface area (Å²) < 4.78 is 5.28. The van der Waals surface area contributed by atoms with Crippen molar-refractivity contribution in [1.29, 1.82) is 0 Å². The van der Waals surface area contributed by atoms with Crippen molar-refractivity contribution in [2.24, 2.45) is 10.9 Å². The third-order valence-electron chi connectivity index (χ3n) is 3.02. The zero-order valence-electron chi connectivity index (χ0n) is 13.1. The van der Waals surface area contributed by atoms with E-state index in [-0.39, 0.29) is 12.4 Å². The van der Waals surface area contributed by atoms with E-state index in [0.29, 0.717) is 10.9 Å². The highest BCUT2D eigenvalue weighted by molar-refractivity contribution is 7.16. The number of halogens is 1. The maximum atomic E-state index is 11.2. The van der Waals surface area contributed by atoms with Gasteiger partial charge in [0.25, 0.3) is 0 Å². The largest absolute Gasteiger partial charge is 0.535 e. The zero-order valence-corrected chi connectivity index (χ0v) is 14.6. The molecule has 0 fully saturated rings. The summed E-state index contributed by atoms with van der Waals surface area (Å²) in [6, 6.07) is 13.0. The van der Waals surface area contributed by atoms with Crippen LogP contribution in [-0.4, -0.2) is 18.6 Å². The van der Waals surface area contributed by atoms with Crippen LogP contribution in [0.3, 0.4) is 0 Å². The van der Waals surface area contributed by atoms with Gasteiger partial charge in [-0.05, 0) is 24.6 Å². The topological polar surface area (TPSA) is 85.9 Å². The first-order valence-corrected chi connectivity index (χ1v) is 8.49. The third kappa shape index (κ3) is 5.52. The fourth-order valence-electron chi connectivity index (χ4n) is 1.94. The third-order valence-corrected chi connectivity index (χ3v) is 4.31. The predicted molar refractivity (Wildman–Crippen MR) is 95.1 cm³/mol. The van der Waals surface area contributed by atoms with E-state index >= 15 is 0 Å². The van der Waals surface area contributed by atoms with E-state index in [1.807, 2.05) is 36.4 Å². The Morgan fingerprint density at radius 1 is 1.33 bits per heavy atom. The van der Waals surface area contributed by atoms with E-state index in [9.17, 15) is 4.79 Å². The van der Waals surface area contributed by atoms with Crippen LogP contribution in [0.1, 0.15) is 23.4 Å². The number of nitrogens with one attached hydrogen (secondary N) is 1. The first-order chi connectivity index (χ1) is 11.6. The lowest BCUT2D eigenvalue weighted by molar-refractivity contribution is 0.0608. The fourth-order valence-corrected chi connectivity index (χ4v) is 3.09. The molecule has 1 atom stereocenters. The summed E-state index contributed by atoms with van der Waals surface area (Å²) in [5.41, 5.74) is 7.07. The lowest BCUT2D eigenvalue weighted by atomic mass is 10.2. The summed E-state index contributed by atoms with van der Waals surface area (Å²) in [4.78, 5) is 16.7. The molecule has 0 bridgehead atoms. The molecule has 0 aliphatic heterocycles. The van der Waals surface area contributed by atoms with Crippen LogP contribution in [0, 0.1) is 0 Å². The van der Waals surface area contributed by atoms with Gasteiger partial charge in [0.1, 0.15) is 6.04 Å². The quantitative estimate of drug-likeness (QED) is 0.256. The minimum absolute atomic E-state index is 0.109. The molecule has 0 amide bonds. The van der Waals surface area contributed by atoms with Gasteiger partial charge in [0.05, 0.1) is 10.9 Å². The number of amidine groups is 1. The molecule has 0 saturated carbocycles. The molecule has 0 radical (unpaired) electrons. The predicted octanol–water partition coefficient (Wildman–Crippen LogP) is 3.68. The van der Waals surface area contributed by atoms with Gasteiger partial charge < -0.3 is 10.5 Å². The van der Waals surface area contributed by atoms with E-state index in [0.717, 1.165) is 10.4 Å². The molecule has 1 aromatic carbocycles. The standard InChI is InChI=1S/C16H18ClN3O3S/c1-2-22-16(21)23-20-15(18)14(12-8-9-13(17)24-12)19-10-11-6-4-3-5-7-11/h3-9,14,19H,2,10H2,1H3,(H2,18,20). The smallest absolute Gasteiger partial charge is 0.433 e. The normalized spacial score (nSPS) is 12.7. The van der Waals surface area contributed by atoms with Gasteiger partial charge in [-0.25, -0.2) is 4.79 Å². The van der Waals surface area contributed by atoms with Crippen molar-refractivity contribution in [3.8, 4) is 0 Å². The number of oxime groups is 1. The number of thiophene rings is 1. The second kappa shape index (κ2) is 9.27. The van der Waals surface area contributed by atoms with E-state index in [4.69, 9.17) is 17.3 Å². The molecular formula is C16H18ClN3O3S. The molecule has 2 rings (SSSR count). The number of ether oxygens (including phenoxy) is 1. The number of hydrogen-bond acceptors (Lipinski definition) is 6. The molecular weight excluding hydrogens is 350 g/mol. The lowest BCUT2D eigenvalue weighted by Crippen LogP contribution is -2.33. The van der Waals surface area contributed by atoms with Gasteiger partial charge in [-0.1, -0.05) is 47.1 Å². The van der Waals surface area contributed by atoms with Crippen LogP contribution in [0.15, 0.2) is 47.6 Å². The molecule has 1 aromatic heterocycles. The average Bonchev–Trinajstić information content (AvgIpc) is 3.00. The SMILES string of the molecule is CCOC(=O)O/N=C(\N)C(NCc1ccccc1)c1ccc(Cl)s1. The summed E-state index contributed by atoms with van der Waals surface area (Å²) in [7, 11) is 0. The van der Waals surface area contributed by atoms with Crippen molar-refractivity contribution in [3.63, 3.8) is 0 Å². The van der Waals surface area contributed by atoms with Crippen molar-refractivity contribution < 1.29 is 14.4 Å². The Balaban J connectivity index is 2.10. The molecule has 0 spiro atoms. The van der Waals surface area contributed by atoms with Gasteiger partial charge in [-0.3, -0.25) is 10.2 Å². The second-order valence-electron chi connectivity index (χ2n) is 4.73. The van der Waals surface area contributed by atoms with Crippen molar-refractivity contribution in [1.82, 2.24) is 5.32 Å². The monoisotopic (exact) mass is 367 g/mol. The first-order valence-electron chi connectivity index (χ1n) is 7.29. The molecule has 8 heteroatoms. The minimum Gasteiger partial charge on any atom is -0.433 e. The molecule has 128 valence electrons. The van der Waals surface area contributed by atoms with Gasteiger partial charge in [-0.2, -0.15) is 0 Å². The molecule has 0 aliphatic rings. The molecule has 0 saturated heterocycles. The number of nitrogens with zero attached hydrogens (tertiary/aromatic N) is 1. The number of carbonyl (C=O) groups excluding carboxylic acids is 1. The van der Waals surface area contributed by atoms with Gasteiger partial charge in [-0.15, -0.1) is 11.3 Å². The Morgan fingerprint density at radius 3 is 2.71 bits per heavy atom. The minimum atomic E-state index is -0.897. The summed E-state index contributed by atoms with van der Waals surface area (Å²) in [5.74, 6) is 0.109. The van der Waals surface area contributed by atoms with Gasteiger partial charge in [0.2, 0.25) is 0 Å². The molecule has 2 aromatic rings. The summed E-state index contributed by atoms with van der Waals surface area (Å²) in [6.45, 7) is 2.44. The number of hydrogen-bond donors (Lipinski definition) is 2. The van der Waals surface area contributed by atoms with Crippen LogP contribution in [-0.2, 0) is 16.1 Å². The Bertz CT molecular complexity index is 691. The number of rotatable bonds is 7. The zero-order chi connectivity index (χ0) is 17.4. The summed E-state index contributed by atoms with van der Waals surface area (Å²) in [5, 5.41) is 6.95.